The van der Waals surface area contributed by atoms with Gasteiger partial charge in [-0.3, -0.25) is 0 Å². The number of phenolic OH excluding ortho intramolecular Hbond substituents is 1. The number of carboxylic acids is 1. The predicted molar refractivity (Wildman–Crippen MR) is 59.4 cm³/mol. The summed E-state index contributed by atoms with van der Waals surface area (Å²) in [4.78, 5) is 10.7. The Hall–Kier alpha value is -1.48. The van der Waals surface area contributed by atoms with Crippen molar-refractivity contribution in [3.8, 4) is 5.75 Å². The van der Waals surface area contributed by atoms with Gasteiger partial charge in [-0.1, -0.05) is 12.2 Å². The van der Waals surface area contributed by atoms with Gasteiger partial charge in [0, 0.05) is 11.4 Å². The molecule has 1 aromatic carbocycles. The van der Waals surface area contributed by atoms with E-state index in [-0.39, 0.29) is 11.3 Å². The lowest BCUT2D eigenvalue weighted by atomic mass is 10.1. The lowest BCUT2D eigenvalue weighted by Gasteiger charge is -2.00. The average molecular weight is 227 g/mol. The fraction of sp³-hybridized carbons (Fsp3) is 0.182. The average Bonchev–Trinajstić information content (AvgIpc) is 2.20. The zero-order valence-electron chi connectivity index (χ0n) is 7.98. The van der Waals surface area contributed by atoms with Crippen LogP contribution in [0.25, 0.3) is 6.08 Å². The Morgan fingerprint density at radius 1 is 1.47 bits per heavy atom. The maximum Gasteiger partial charge on any atom is 0.335 e. The number of aromatic carboxylic acids is 1. The maximum atomic E-state index is 10.7. The molecule has 0 radical (unpaired) electrons. The standard InChI is InChI=1S/C11H11ClO3/c12-6-2-1-3-8-7-9(11(14)15)4-5-10(8)13/h1,3-5,7,13H,2,6H2,(H,14,15). The number of carboxylic acid groups (broad SMARTS) is 1. The fourth-order valence-corrected chi connectivity index (χ4v) is 1.22. The van der Waals surface area contributed by atoms with Gasteiger partial charge >= 0.3 is 5.97 Å². The molecule has 0 fully saturated rings. The zero-order valence-corrected chi connectivity index (χ0v) is 8.74. The Bertz CT molecular complexity index is 385. The molecule has 0 aliphatic carbocycles. The van der Waals surface area contributed by atoms with E-state index in [2.05, 4.69) is 0 Å². The summed E-state index contributed by atoms with van der Waals surface area (Å²) in [6.07, 6.45) is 4.12. The van der Waals surface area contributed by atoms with Crippen LogP contribution in [0.5, 0.6) is 5.75 Å². The monoisotopic (exact) mass is 226 g/mol. The number of hydrogen-bond donors (Lipinski definition) is 2. The van der Waals surface area contributed by atoms with Gasteiger partial charge in [0.25, 0.3) is 0 Å². The van der Waals surface area contributed by atoms with Crippen molar-refractivity contribution in [2.24, 2.45) is 0 Å². The number of phenols is 1. The molecule has 0 heterocycles. The van der Waals surface area contributed by atoms with Gasteiger partial charge in [-0.2, -0.15) is 0 Å². The van der Waals surface area contributed by atoms with Crippen LogP contribution < -0.4 is 0 Å². The Morgan fingerprint density at radius 3 is 2.80 bits per heavy atom. The lowest BCUT2D eigenvalue weighted by Crippen LogP contribution is -1.95. The summed E-state index contributed by atoms with van der Waals surface area (Å²) >= 11 is 5.48. The van der Waals surface area contributed by atoms with Crippen LogP contribution in [0.4, 0.5) is 0 Å². The fourth-order valence-electron chi connectivity index (χ4n) is 1.09. The third-order valence-corrected chi connectivity index (χ3v) is 2.07. The number of alkyl halides is 1. The molecule has 0 aliphatic heterocycles. The summed E-state index contributed by atoms with van der Waals surface area (Å²) in [6, 6.07) is 4.14. The summed E-state index contributed by atoms with van der Waals surface area (Å²) in [5.74, 6) is -0.455. The molecule has 0 amide bonds. The topological polar surface area (TPSA) is 57.5 Å². The van der Waals surface area contributed by atoms with Gasteiger partial charge in [0.05, 0.1) is 5.56 Å². The van der Waals surface area contributed by atoms with E-state index in [0.29, 0.717) is 17.9 Å². The number of halogens is 1. The molecule has 0 aromatic heterocycles. The molecule has 2 N–H and O–H groups in total. The molecular formula is C11H11ClO3. The van der Waals surface area contributed by atoms with Crippen molar-refractivity contribution >= 4 is 23.6 Å². The molecule has 4 heteroatoms. The van der Waals surface area contributed by atoms with E-state index in [4.69, 9.17) is 16.7 Å². The molecule has 1 aromatic rings. The van der Waals surface area contributed by atoms with E-state index in [1.807, 2.05) is 0 Å². The molecule has 0 atom stereocenters. The summed E-state index contributed by atoms with van der Waals surface area (Å²) in [7, 11) is 0. The first-order valence-electron chi connectivity index (χ1n) is 4.44. The highest BCUT2D eigenvalue weighted by atomic mass is 35.5. The molecule has 80 valence electrons. The van der Waals surface area contributed by atoms with E-state index in [0.717, 1.165) is 0 Å². The van der Waals surface area contributed by atoms with Crippen molar-refractivity contribution in [1.82, 2.24) is 0 Å². The van der Waals surface area contributed by atoms with Crippen molar-refractivity contribution in [2.75, 3.05) is 5.88 Å². The molecule has 0 saturated heterocycles. The zero-order chi connectivity index (χ0) is 11.3. The van der Waals surface area contributed by atoms with Crippen LogP contribution in [0.1, 0.15) is 22.3 Å². The number of aromatic hydroxyl groups is 1. The summed E-state index contributed by atoms with van der Waals surface area (Å²) in [6.45, 7) is 0. The number of benzene rings is 1. The summed E-state index contributed by atoms with van der Waals surface area (Å²) in [5.41, 5.74) is 0.637. The van der Waals surface area contributed by atoms with Crippen LogP contribution in [-0.4, -0.2) is 22.1 Å². The Morgan fingerprint density at radius 2 is 2.20 bits per heavy atom. The lowest BCUT2D eigenvalue weighted by molar-refractivity contribution is 0.0697. The molecule has 15 heavy (non-hydrogen) atoms. The summed E-state index contributed by atoms with van der Waals surface area (Å²) in [5, 5.41) is 18.2. The molecule has 0 bridgehead atoms. The van der Waals surface area contributed by atoms with Crippen LogP contribution in [-0.2, 0) is 0 Å². The van der Waals surface area contributed by atoms with Crippen molar-refractivity contribution < 1.29 is 15.0 Å². The van der Waals surface area contributed by atoms with E-state index in [9.17, 15) is 9.90 Å². The van der Waals surface area contributed by atoms with Crippen molar-refractivity contribution in [2.45, 2.75) is 6.42 Å². The second-order valence-corrected chi connectivity index (χ2v) is 3.34. The largest absolute Gasteiger partial charge is 0.507 e. The first-order valence-corrected chi connectivity index (χ1v) is 4.97. The Balaban J connectivity index is 2.95. The normalized spacial score (nSPS) is 10.7. The highest BCUT2D eigenvalue weighted by Gasteiger charge is 2.05. The van der Waals surface area contributed by atoms with Crippen molar-refractivity contribution in [3.05, 3.63) is 35.4 Å². The van der Waals surface area contributed by atoms with Crippen molar-refractivity contribution in [3.63, 3.8) is 0 Å². The second-order valence-electron chi connectivity index (χ2n) is 2.96. The van der Waals surface area contributed by atoms with Gasteiger partial charge in [0.15, 0.2) is 0 Å². The van der Waals surface area contributed by atoms with Crippen molar-refractivity contribution in [1.29, 1.82) is 0 Å². The number of rotatable bonds is 4. The smallest absolute Gasteiger partial charge is 0.335 e. The number of hydrogen-bond acceptors (Lipinski definition) is 2. The number of allylic oxidation sites excluding steroid dienone is 1. The molecule has 1 rings (SSSR count). The molecule has 3 nitrogen and oxygen atoms in total. The predicted octanol–water partition coefficient (Wildman–Crippen LogP) is 2.73. The highest BCUT2D eigenvalue weighted by Crippen LogP contribution is 2.20. The van der Waals surface area contributed by atoms with Crippen LogP contribution >= 0.6 is 11.6 Å². The molecule has 0 unspecified atom stereocenters. The minimum atomic E-state index is -1.01. The molecule has 0 aliphatic rings. The van der Waals surface area contributed by atoms with Crippen LogP contribution in [0, 0.1) is 0 Å². The highest BCUT2D eigenvalue weighted by molar-refractivity contribution is 6.17. The minimum absolute atomic E-state index is 0.0609. The first-order chi connectivity index (χ1) is 7.15. The summed E-state index contributed by atoms with van der Waals surface area (Å²) < 4.78 is 0. The van der Waals surface area contributed by atoms with Gasteiger partial charge in [-0.05, 0) is 24.6 Å². The van der Waals surface area contributed by atoms with E-state index >= 15 is 0 Å². The Labute approximate surface area is 92.6 Å². The third-order valence-electron chi connectivity index (χ3n) is 1.85. The SMILES string of the molecule is O=C(O)c1ccc(O)c(C=CCCCl)c1. The van der Waals surface area contributed by atoms with Gasteiger partial charge in [0.1, 0.15) is 5.75 Å². The van der Waals surface area contributed by atoms with Gasteiger partial charge < -0.3 is 10.2 Å². The van der Waals surface area contributed by atoms with Crippen LogP contribution in [0.3, 0.4) is 0 Å². The number of carbonyl (C=O) groups is 1. The molecule has 0 saturated carbocycles. The molecule has 0 spiro atoms. The molecular weight excluding hydrogens is 216 g/mol. The van der Waals surface area contributed by atoms with Gasteiger partial charge in [0.2, 0.25) is 0 Å². The van der Waals surface area contributed by atoms with Gasteiger partial charge in [-0.15, -0.1) is 11.6 Å². The van der Waals surface area contributed by atoms with E-state index < -0.39 is 5.97 Å². The van der Waals surface area contributed by atoms with Crippen LogP contribution in [0.15, 0.2) is 24.3 Å². The van der Waals surface area contributed by atoms with E-state index in [1.54, 1.807) is 12.2 Å². The van der Waals surface area contributed by atoms with E-state index in [1.165, 1.54) is 18.2 Å². The Kier molecular flexibility index (Phi) is 4.18. The van der Waals surface area contributed by atoms with Gasteiger partial charge in [-0.25, -0.2) is 4.79 Å². The third kappa shape index (κ3) is 3.29. The van der Waals surface area contributed by atoms with Crippen LogP contribution in [0.2, 0.25) is 0 Å². The second kappa shape index (κ2) is 5.41. The maximum absolute atomic E-state index is 10.7. The quantitative estimate of drug-likeness (QED) is 0.777. The minimum Gasteiger partial charge on any atom is -0.507 e. The first kappa shape index (κ1) is 11.6.